The largest absolute Gasteiger partial charge is 0.355 e. The first-order chi connectivity index (χ1) is 21.7. The number of nitrogens with one attached hydrogen (secondary N) is 1. The van der Waals surface area contributed by atoms with Gasteiger partial charge in [0.25, 0.3) is 0 Å². The molecule has 44 heavy (non-hydrogen) atoms. The van der Waals surface area contributed by atoms with Gasteiger partial charge in [0, 0.05) is 16.9 Å². The van der Waals surface area contributed by atoms with E-state index in [9.17, 15) is 0 Å². The standard InChI is InChI=1S/C43H31N/c1-29-11-2-3-14-35(29)41-19-8-9-20-43(41)44-34-24-21-30(22-25-34)31-12-10-13-32(27-31)33-23-26-40-38-17-5-4-15-36(38)37-16-6-7-18-39(37)42(40)28-33/h2-28,44H,1H3. The number of rotatable bonds is 5. The summed E-state index contributed by atoms with van der Waals surface area (Å²) in [6.07, 6.45) is 0. The van der Waals surface area contributed by atoms with Crippen molar-refractivity contribution in [3.05, 3.63) is 169 Å². The lowest BCUT2D eigenvalue weighted by molar-refractivity contribution is 1.45. The van der Waals surface area contributed by atoms with Crippen LogP contribution >= 0.6 is 0 Å². The van der Waals surface area contributed by atoms with Crippen molar-refractivity contribution in [1.82, 2.24) is 0 Å². The number of benzene rings is 8. The molecule has 1 heteroatoms. The Morgan fingerprint density at radius 2 is 0.841 bits per heavy atom. The zero-order valence-corrected chi connectivity index (χ0v) is 24.6. The van der Waals surface area contributed by atoms with Crippen LogP contribution in [0.15, 0.2) is 164 Å². The Morgan fingerprint density at radius 3 is 1.52 bits per heavy atom. The first-order valence-electron chi connectivity index (χ1n) is 15.2. The van der Waals surface area contributed by atoms with Gasteiger partial charge < -0.3 is 5.32 Å². The third kappa shape index (κ3) is 4.60. The second-order valence-electron chi connectivity index (χ2n) is 11.5. The number of aryl methyl sites for hydroxylation is 1. The molecule has 0 aliphatic rings. The third-order valence-electron chi connectivity index (χ3n) is 8.80. The Morgan fingerprint density at radius 1 is 0.341 bits per heavy atom. The molecule has 0 heterocycles. The quantitative estimate of drug-likeness (QED) is 0.206. The predicted octanol–water partition coefficient (Wildman–Crippen LogP) is 12.2. The molecule has 0 atom stereocenters. The maximum Gasteiger partial charge on any atom is 0.0464 e. The topological polar surface area (TPSA) is 12.0 Å². The molecule has 0 saturated carbocycles. The maximum absolute atomic E-state index is 3.66. The van der Waals surface area contributed by atoms with Crippen LogP contribution in [0.5, 0.6) is 0 Å². The minimum atomic E-state index is 1.07. The zero-order valence-electron chi connectivity index (χ0n) is 24.6. The van der Waals surface area contributed by atoms with Crippen molar-refractivity contribution in [3.63, 3.8) is 0 Å². The van der Waals surface area contributed by atoms with E-state index in [0.717, 1.165) is 11.4 Å². The van der Waals surface area contributed by atoms with Gasteiger partial charge >= 0.3 is 0 Å². The van der Waals surface area contributed by atoms with Crippen molar-refractivity contribution < 1.29 is 0 Å². The van der Waals surface area contributed by atoms with Crippen molar-refractivity contribution in [2.24, 2.45) is 0 Å². The van der Waals surface area contributed by atoms with Crippen LogP contribution < -0.4 is 5.32 Å². The van der Waals surface area contributed by atoms with Crippen LogP contribution in [0.2, 0.25) is 0 Å². The van der Waals surface area contributed by atoms with Gasteiger partial charge in [0.05, 0.1) is 0 Å². The highest BCUT2D eigenvalue weighted by molar-refractivity contribution is 6.25. The highest BCUT2D eigenvalue weighted by atomic mass is 14.9. The van der Waals surface area contributed by atoms with Crippen molar-refractivity contribution >= 4 is 43.7 Å². The summed E-state index contributed by atoms with van der Waals surface area (Å²) >= 11 is 0. The third-order valence-corrected chi connectivity index (χ3v) is 8.80. The normalized spacial score (nSPS) is 11.3. The number of fused-ring (bicyclic) bond motifs is 6. The van der Waals surface area contributed by atoms with E-state index < -0.39 is 0 Å². The van der Waals surface area contributed by atoms with E-state index in [4.69, 9.17) is 0 Å². The highest BCUT2D eigenvalue weighted by Gasteiger charge is 2.11. The smallest absolute Gasteiger partial charge is 0.0464 e. The van der Waals surface area contributed by atoms with Crippen LogP contribution in [0.4, 0.5) is 11.4 Å². The molecule has 8 aromatic carbocycles. The lowest BCUT2D eigenvalue weighted by atomic mass is 9.91. The maximum atomic E-state index is 3.66. The van der Waals surface area contributed by atoms with Crippen molar-refractivity contribution in [3.8, 4) is 33.4 Å². The molecule has 0 aliphatic carbocycles. The van der Waals surface area contributed by atoms with E-state index in [-0.39, 0.29) is 0 Å². The SMILES string of the molecule is Cc1ccccc1-c1ccccc1Nc1ccc(-c2cccc(-c3ccc4c5ccccc5c5ccccc5c4c3)c2)cc1. The molecular formula is C43H31N. The Labute approximate surface area is 258 Å². The summed E-state index contributed by atoms with van der Waals surface area (Å²) in [6.45, 7) is 2.16. The van der Waals surface area contributed by atoms with Gasteiger partial charge in [0.2, 0.25) is 0 Å². The van der Waals surface area contributed by atoms with Crippen LogP contribution in [0.3, 0.4) is 0 Å². The van der Waals surface area contributed by atoms with Crippen molar-refractivity contribution in [2.75, 3.05) is 5.32 Å². The van der Waals surface area contributed by atoms with Crippen LogP contribution in [0, 0.1) is 6.92 Å². The minimum absolute atomic E-state index is 1.07. The molecule has 0 bridgehead atoms. The van der Waals surface area contributed by atoms with E-state index in [0.29, 0.717) is 0 Å². The summed E-state index contributed by atoms with van der Waals surface area (Å²) in [5.74, 6) is 0. The summed E-state index contributed by atoms with van der Waals surface area (Å²) in [7, 11) is 0. The Bertz CT molecular complexity index is 2280. The number of anilines is 2. The molecule has 0 unspecified atom stereocenters. The van der Waals surface area contributed by atoms with Gasteiger partial charge in [-0.1, -0.05) is 133 Å². The van der Waals surface area contributed by atoms with Crippen molar-refractivity contribution in [2.45, 2.75) is 6.92 Å². The molecule has 0 aromatic heterocycles. The summed E-state index contributed by atoms with van der Waals surface area (Å²) in [5.41, 5.74) is 10.7. The van der Waals surface area contributed by atoms with Crippen LogP contribution in [0.25, 0.3) is 65.7 Å². The highest BCUT2D eigenvalue weighted by Crippen LogP contribution is 2.38. The number of hydrogen-bond acceptors (Lipinski definition) is 1. The fraction of sp³-hybridized carbons (Fsp3) is 0.0233. The molecule has 0 aliphatic heterocycles. The van der Waals surface area contributed by atoms with E-state index >= 15 is 0 Å². The van der Waals surface area contributed by atoms with Crippen LogP contribution in [-0.4, -0.2) is 0 Å². The molecule has 1 N–H and O–H groups in total. The molecule has 0 amide bonds. The molecule has 0 spiro atoms. The summed E-state index contributed by atoms with van der Waals surface area (Å²) in [5, 5.41) is 11.5. The molecule has 8 aromatic rings. The summed E-state index contributed by atoms with van der Waals surface area (Å²) in [4.78, 5) is 0. The molecule has 1 nitrogen and oxygen atoms in total. The fourth-order valence-electron chi connectivity index (χ4n) is 6.57. The van der Waals surface area contributed by atoms with E-state index in [2.05, 4.69) is 176 Å². The van der Waals surface area contributed by atoms with Crippen molar-refractivity contribution in [1.29, 1.82) is 0 Å². The molecule has 208 valence electrons. The molecule has 0 fully saturated rings. The number of hydrogen-bond donors (Lipinski definition) is 1. The Balaban J connectivity index is 1.13. The van der Waals surface area contributed by atoms with Crippen LogP contribution in [-0.2, 0) is 0 Å². The van der Waals surface area contributed by atoms with Gasteiger partial charge in [-0.25, -0.2) is 0 Å². The Hall–Kier alpha value is -5.66. The Kier molecular flexibility index (Phi) is 6.43. The predicted molar refractivity (Wildman–Crippen MR) is 190 cm³/mol. The monoisotopic (exact) mass is 561 g/mol. The summed E-state index contributed by atoms with van der Waals surface area (Å²) < 4.78 is 0. The average Bonchev–Trinajstić information content (AvgIpc) is 3.09. The second-order valence-corrected chi connectivity index (χ2v) is 11.5. The van der Waals surface area contributed by atoms with E-state index in [1.54, 1.807) is 0 Å². The van der Waals surface area contributed by atoms with Gasteiger partial charge in [-0.2, -0.15) is 0 Å². The van der Waals surface area contributed by atoms with Gasteiger partial charge in [0.1, 0.15) is 0 Å². The second kappa shape index (κ2) is 10.9. The lowest BCUT2D eigenvalue weighted by Gasteiger charge is -2.15. The fourth-order valence-corrected chi connectivity index (χ4v) is 6.57. The molecule has 0 radical (unpaired) electrons. The molecule has 0 saturated heterocycles. The molecule has 8 rings (SSSR count). The first kappa shape index (κ1) is 26.0. The van der Waals surface area contributed by atoms with Gasteiger partial charge in [-0.3, -0.25) is 0 Å². The van der Waals surface area contributed by atoms with E-state index in [1.165, 1.54) is 71.3 Å². The van der Waals surface area contributed by atoms with Gasteiger partial charge in [0.15, 0.2) is 0 Å². The lowest BCUT2D eigenvalue weighted by Crippen LogP contribution is -1.94. The first-order valence-corrected chi connectivity index (χ1v) is 15.2. The number of para-hydroxylation sites is 1. The average molecular weight is 562 g/mol. The molecular weight excluding hydrogens is 530 g/mol. The van der Waals surface area contributed by atoms with Gasteiger partial charge in [-0.15, -0.1) is 0 Å². The minimum Gasteiger partial charge on any atom is -0.355 e. The van der Waals surface area contributed by atoms with Crippen LogP contribution in [0.1, 0.15) is 5.56 Å². The summed E-state index contributed by atoms with van der Waals surface area (Å²) in [6, 6.07) is 59.1. The zero-order chi connectivity index (χ0) is 29.5. The van der Waals surface area contributed by atoms with Gasteiger partial charge in [-0.05, 0) is 103 Å². The van der Waals surface area contributed by atoms with E-state index in [1.807, 2.05) is 0 Å².